The van der Waals surface area contributed by atoms with E-state index in [9.17, 15) is 4.79 Å². The Labute approximate surface area is 165 Å². The van der Waals surface area contributed by atoms with E-state index < -0.39 is 0 Å². The highest BCUT2D eigenvalue weighted by molar-refractivity contribution is 5.92. The van der Waals surface area contributed by atoms with Crippen molar-refractivity contribution in [2.45, 2.75) is 26.7 Å². The summed E-state index contributed by atoms with van der Waals surface area (Å²) in [5.41, 5.74) is 5.83. The van der Waals surface area contributed by atoms with Crippen molar-refractivity contribution in [1.82, 2.24) is 9.97 Å². The SMILES string of the molecule is C=C(C)Nc1cc(Cc2ccc(CC(=O)Nc3ccc(C)cc3)cc2)ncn1. The molecule has 28 heavy (non-hydrogen) atoms. The van der Waals surface area contributed by atoms with Gasteiger partial charge in [0, 0.05) is 23.9 Å². The summed E-state index contributed by atoms with van der Waals surface area (Å²) in [4.78, 5) is 20.7. The van der Waals surface area contributed by atoms with Crippen LogP contribution < -0.4 is 10.6 Å². The molecule has 0 aliphatic heterocycles. The largest absolute Gasteiger partial charge is 0.345 e. The van der Waals surface area contributed by atoms with Crippen LogP contribution in [0.25, 0.3) is 0 Å². The Morgan fingerprint density at radius 1 is 0.964 bits per heavy atom. The molecule has 2 N–H and O–H groups in total. The minimum atomic E-state index is -0.0251. The van der Waals surface area contributed by atoms with Gasteiger partial charge >= 0.3 is 0 Å². The highest BCUT2D eigenvalue weighted by Gasteiger charge is 2.06. The molecule has 3 aromatic rings. The molecule has 1 amide bonds. The lowest BCUT2D eigenvalue weighted by Crippen LogP contribution is -2.14. The second-order valence-electron chi connectivity index (χ2n) is 6.88. The molecule has 0 spiro atoms. The van der Waals surface area contributed by atoms with E-state index in [1.165, 1.54) is 5.56 Å². The van der Waals surface area contributed by atoms with Gasteiger partial charge in [0.25, 0.3) is 0 Å². The molecule has 0 radical (unpaired) electrons. The normalized spacial score (nSPS) is 10.4. The lowest BCUT2D eigenvalue weighted by molar-refractivity contribution is -0.115. The third-order valence-corrected chi connectivity index (χ3v) is 4.17. The number of aryl methyl sites for hydroxylation is 1. The standard InChI is InChI=1S/C23H24N4O/c1-16(2)26-22-14-21(24-15-25-22)12-18-6-8-19(9-7-18)13-23(28)27-20-10-4-17(3)5-11-20/h4-11,14-15H,1,12-13H2,2-3H3,(H,27,28)(H,24,25,26). The maximum atomic E-state index is 12.2. The van der Waals surface area contributed by atoms with Gasteiger partial charge in [-0.05, 0) is 37.1 Å². The topological polar surface area (TPSA) is 66.9 Å². The highest BCUT2D eigenvalue weighted by Crippen LogP contribution is 2.14. The molecule has 3 rings (SSSR count). The number of hydrogen-bond donors (Lipinski definition) is 2. The Bertz CT molecular complexity index is 963. The summed E-state index contributed by atoms with van der Waals surface area (Å²) >= 11 is 0. The quantitative estimate of drug-likeness (QED) is 0.641. The van der Waals surface area contributed by atoms with Crippen molar-refractivity contribution in [2.24, 2.45) is 0 Å². The molecule has 0 aliphatic carbocycles. The molecule has 5 nitrogen and oxygen atoms in total. The van der Waals surface area contributed by atoms with Crippen LogP contribution in [0.4, 0.5) is 11.5 Å². The van der Waals surface area contributed by atoms with Crippen molar-refractivity contribution in [2.75, 3.05) is 10.6 Å². The number of aromatic nitrogens is 2. The monoisotopic (exact) mass is 372 g/mol. The first-order valence-electron chi connectivity index (χ1n) is 9.16. The first-order chi connectivity index (χ1) is 13.5. The van der Waals surface area contributed by atoms with Gasteiger partial charge in [0.05, 0.1) is 12.1 Å². The molecule has 0 bridgehead atoms. The van der Waals surface area contributed by atoms with Gasteiger partial charge in [0.2, 0.25) is 5.91 Å². The van der Waals surface area contributed by atoms with Gasteiger partial charge in [-0.25, -0.2) is 9.97 Å². The molecule has 5 heteroatoms. The molecule has 2 aromatic carbocycles. The second kappa shape index (κ2) is 8.95. The average Bonchev–Trinajstić information content (AvgIpc) is 2.65. The van der Waals surface area contributed by atoms with Crippen LogP contribution in [-0.2, 0) is 17.6 Å². The first-order valence-corrected chi connectivity index (χ1v) is 9.16. The number of rotatable bonds is 7. The fourth-order valence-electron chi connectivity index (χ4n) is 2.79. The third kappa shape index (κ3) is 5.77. The smallest absolute Gasteiger partial charge is 0.228 e. The van der Waals surface area contributed by atoms with Crippen molar-refractivity contribution in [3.63, 3.8) is 0 Å². The predicted molar refractivity (Wildman–Crippen MR) is 113 cm³/mol. The number of carbonyl (C=O) groups excluding carboxylic acids is 1. The molecule has 1 heterocycles. The van der Waals surface area contributed by atoms with E-state index >= 15 is 0 Å². The summed E-state index contributed by atoms with van der Waals surface area (Å²) in [6, 6.07) is 17.7. The zero-order chi connectivity index (χ0) is 19.9. The lowest BCUT2D eigenvalue weighted by Gasteiger charge is -2.08. The van der Waals surface area contributed by atoms with E-state index in [4.69, 9.17) is 0 Å². The van der Waals surface area contributed by atoms with Gasteiger partial charge in [-0.2, -0.15) is 0 Å². The fraction of sp³-hybridized carbons (Fsp3) is 0.174. The number of anilines is 2. The van der Waals surface area contributed by atoms with Gasteiger partial charge in [0.1, 0.15) is 12.1 Å². The Morgan fingerprint density at radius 3 is 2.32 bits per heavy atom. The van der Waals surface area contributed by atoms with Crippen LogP contribution in [0.5, 0.6) is 0 Å². The number of allylic oxidation sites excluding steroid dienone is 1. The fourth-order valence-corrected chi connectivity index (χ4v) is 2.79. The van der Waals surface area contributed by atoms with E-state index in [2.05, 4.69) is 27.2 Å². The van der Waals surface area contributed by atoms with Crippen molar-refractivity contribution in [3.8, 4) is 0 Å². The van der Waals surface area contributed by atoms with Crippen LogP contribution in [0.3, 0.4) is 0 Å². The second-order valence-corrected chi connectivity index (χ2v) is 6.88. The van der Waals surface area contributed by atoms with Crippen LogP contribution >= 0.6 is 0 Å². The van der Waals surface area contributed by atoms with E-state index in [1.54, 1.807) is 6.33 Å². The molecule has 0 aliphatic rings. The van der Waals surface area contributed by atoms with E-state index in [0.29, 0.717) is 12.8 Å². The molecule has 0 saturated carbocycles. The lowest BCUT2D eigenvalue weighted by atomic mass is 10.1. The average molecular weight is 372 g/mol. The van der Waals surface area contributed by atoms with Gasteiger partial charge in [-0.15, -0.1) is 0 Å². The van der Waals surface area contributed by atoms with E-state index in [1.807, 2.05) is 68.4 Å². The van der Waals surface area contributed by atoms with Crippen molar-refractivity contribution >= 4 is 17.4 Å². The van der Waals surface area contributed by atoms with Crippen LogP contribution in [0.1, 0.15) is 29.3 Å². The maximum absolute atomic E-state index is 12.2. The van der Waals surface area contributed by atoms with Crippen LogP contribution in [0.15, 0.2) is 73.2 Å². The van der Waals surface area contributed by atoms with Gasteiger partial charge in [-0.3, -0.25) is 4.79 Å². The summed E-state index contributed by atoms with van der Waals surface area (Å²) in [6.45, 7) is 7.73. The first kappa shape index (κ1) is 19.3. The Kier molecular flexibility index (Phi) is 6.17. The van der Waals surface area contributed by atoms with Crippen LogP contribution in [-0.4, -0.2) is 15.9 Å². The van der Waals surface area contributed by atoms with Crippen LogP contribution in [0, 0.1) is 6.92 Å². The number of carbonyl (C=O) groups is 1. The summed E-state index contributed by atoms with van der Waals surface area (Å²) in [5.74, 6) is 0.713. The number of amides is 1. The van der Waals surface area contributed by atoms with Gasteiger partial charge in [0.15, 0.2) is 0 Å². The molecule has 0 unspecified atom stereocenters. The van der Waals surface area contributed by atoms with Crippen molar-refractivity contribution < 1.29 is 4.79 Å². The molecule has 142 valence electrons. The molecular formula is C23H24N4O. The number of benzene rings is 2. The molecule has 0 atom stereocenters. The van der Waals surface area contributed by atoms with E-state index in [-0.39, 0.29) is 5.91 Å². The number of hydrogen-bond acceptors (Lipinski definition) is 4. The molecule has 0 saturated heterocycles. The third-order valence-electron chi connectivity index (χ3n) is 4.17. The highest BCUT2D eigenvalue weighted by atomic mass is 16.1. The Balaban J connectivity index is 1.58. The van der Waals surface area contributed by atoms with Gasteiger partial charge in [-0.1, -0.05) is 48.5 Å². The van der Waals surface area contributed by atoms with Crippen LogP contribution in [0.2, 0.25) is 0 Å². The number of nitrogens with zero attached hydrogens (tertiary/aromatic N) is 2. The molecule has 1 aromatic heterocycles. The minimum absolute atomic E-state index is 0.0251. The van der Waals surface area contributed by atoms with Gasteiger partial charge < -0.3 is 10.6 Å². The zero-order valence-corrected chi connectivity index (χ0v) is 16.2. The summed E-state index contributed by atoms with van der Waals surface area (Å²) < 4.78 is 0. The predicted octanol–water partition coefficient (Wildman–Crippen LogP) is 4.50. The molecular weight excluding hydrogens is 348 g/mol. The minimum Gasteiger partial charge on any atom is -0.345 e. The Hall–Kier alpha value is -3.47. The summed E-state index contributed by atoms with van der Waals surface area (Å²) in [7, 11) is 0. The number of nitrogens with one attached hydrogen (secondary N) is 2. The molecule has 0 fully saturated rings. The zero-order valence-electron chi connectivity index (χ0n) is 16.2. The van der Waals surface area contributed by atoms with Crippen molar-refractivity contribution in [3.05, 3.63) is 95.6 Å². The van der Waals surface area contributed by atoms with Crippen molar-refractivity contribution in [1.29, 1.82) is 0 Å². The summed E-state index contributed by atoms with van der Waals surface area (Å²) in [6.07, 6.45) is 2.59. The summed E-state index contributed by atoms with van der Waals surface area (Å²) in [5, 5.41) is 6.02. The maximum Gasteiger partial charge on any atom is 0.228 e. The van der Waals surface area contributed by atoms with E-state index in [0.717, 1.165) is 34.0 Å². The Morgan fingerprint density at radius 2 is 1.64 bits per heavy atom.